The molecule has 2 N–H and O–H groups in total. The van der Waals surface area contributed by atoms with Gasteiger partial charge in [-0.1, -0.05) is 26.8 Å². The Kier molecular flexibility index (Phi) is 4.84. The van der Waals surface area contributed by atoms with E-state index in [1.165, 1.54) is 15.4 Å². The molecule has 0 spiro atoms. The van der Waals surface area contributed by atoms with E-state index in [0.717, 1.165) is 32.1 Å². The third kappa shape index (κ3) is 2.69. The van der Waals surface area contributed by atoms with Gasteiger partial charge in [0, 0.05) is 18.5 Å². The first-order valence-electron chi connectivity index (χ1n) is 11.8. The maximum atomic E-state index is 12.5. The molecule has 0 amide bonds. The summed E-state index contributed by atoms with van der Waals surface area (Å²) in [5, 5.41) is 22.1. The molecule has 172 valence electrons. The Morgan fingerprint density at radius 3 is 2.58 bits per heavy atom. The van der Waals surface area contributed by atoms with Crippen LogP contribution in [-0.4, -0.2) is 47.7 Å². The zero-order chi connectivity index (χ0) is 22.2. The van der Waals surface area contributed by atoms with Gasteiger partial charge in [-0.3, -0.25) is 0 Å². The molecule has 2 unspecified atom stereocenters. The van der Waals surface area contributed by atoms with Crippen molar-refractivity contribution in [1.82, 2.24) is 4.31 Å². The summed E-state index contributed by atoms with van der Waals surface area (Å²) in [6.45, 7) is 6.59. The van der Waals surface area contributed by atoms with Crippen LogP contribution in [0.1, 0.15) is 76.3 Å². The van der Waals surface area contributed by atoms with Crippen LogP contribution in [0.2, 0.25) is 0 Å². The van der Waals surface area contributed by atoms with E-state index >= 15 is 0 Å². The first-order valence-corrected chi connectivity index (χ1v) is 13.2. The van der Waals surface area contributed by atoms with Gasteiger partial charge in [-0.2, -0.15) is 12.7 Å². The van der Waals surface area contributed by atoms with Gasteiger partial charge < -0.3 is 14.4 Å². The molecular weight excluding hydrogens is 414 g/mol. The maximum Gasteiger partial charge on any atom is 0.385 e. The van der Waals surface area contributed by atoms with E-state index in [9.17, 15) is 18.6 Å². The minimum Gasteiger partial charge on any atom is -0.390 e. The molecule has 7 heteroatoms. The molecule has 0 radical (unpaired) electrons. The Bertz CT molecular complexity index is 992. The average molecular weight is 450 g/mol. The van der Waals surface area contributed by atoms with Crippen molar-refractivity contribution in [2.24, 2.45) is 16.7 Å². The van der Waals surface area contributed by atoms with E-state index in [2.05, 4.69) is 13.0 Å². The third-order valence-corrected chi connectivity index (χ3v) is 11.3. The van der Waals surface area contributed by atoms with Crippen LogP contribution in [0.3, 0.4) is 0 Å². The maximum absolute atomic E-state index is 12.5. The topological polar surface area (TPSA) is 87.1 Å². The second-order valence-electron chi connectivity index (χ2n) is 10.4. The average Bonchev–Trinajstić information content (AvgIpc) is 3.06. The number of benzene rings is 1. The summed E-state index contributed by atoms with van der Waals surface area (Å²) in [7, 11) is -3.79. The van der Waals surface area contributed by atoms with Crippen molar-refractivity contribution in [3.63, 3.8) is 0 Å². The van der Waals surface area contributed by atoms with Crippen molar-refractivity contribution >= 4 is 10.3 Å². The van der Waals surface area contributed by atoms with E-state index in [1.807, 2.05) is 6.07 Å². The molecule has 6 nitrogen and oxygen atoms in total. The molecule has 5 rings (SSSR count). The van der Waals surface area contributed by atoms with Crippen LogP contribution in [-0.2, 0) is 16.7 Å². The smallest absolute Gasteiger partial charge is 0.385 e. The minimum atomic E-state index is -3.79. The Balaban J connectivity index is 1.44. The number of aliphatic hydroxyl groups excluding tert-OH is 1. The number of nitrogens with zero attached hydrogens (tertiary/aromatic N) is 1. The molecule has 3 fully saturated rings. The summed E-state index contributed by atoms with van der Waals surface area (Å²) >= 11 is 0. The Morgan fingerprint density at radius 2 is 1.90 bits per heavy atom. The Hall–Kier alpha value is -1.15. The number of aliphatic hydroxyl groups is 2. The molecule has 4 aliphatic carbocycles. The zero-order valence-electron chi connectivity index (χ0n) is 18.8. The van der Waals surface area contributed by atoms with Gasteiger partial charge in [0.1, 0.15) is 5.75 Å². The molecular formula is C24H35NO5S. The van der Waals surface area contributed by atoms with E-state index in [1.54, 1.807) is 19.9 Å². The predicted octanol–water partition coefficient (Wildman–Crippen LogP) is 3.37. The van der Waals surface area contributed by atoms with Crippen LogP contribution in [0, 0.1) is 16.7 Å². The highest BCUT2D eigenvalue weighted by molar-refractivity contribution is 7.84. The highest BCUT2D eigenvalue weighted by Gasteiger charge is 2.76. The van der Waals surface area contributed by atoms with Gasteiger partial charge in [0.15, 0.2) is 0 Å². The third-order valence-electron chi connectivity index (χ3n) is 9.73. The highest BCUT2D eigenvalue weighted by atomic mass is 32.2. The molecule has 0 aromatic heterocycles. The lowest BCUT2D eigenvalue weighted by Crippen LogP contribution is -2.53. The quantitative estimate of drug-likeness (QED) is 0.720. The van der Waals surface area contributed by atoms with Gasteiger partial charge in [-0.15, -0.1) is 0 Å². The molecule has 0 aliphatic heterocycles. The van der Waals surface area contributed by atoms with Crippen LogP contribution in [0.4, 0.5) is 0 Å². The van der Waals surface area contributed by atoms with Gasteiger partial charge in [-0.25, -0.2) is 0 Å². The van der Waals surface area contributed by atoms with Crippen LogP contribution < -0.4 is 4.18 Å². The first kappa shape index (κ1) is 21.7. The van der Waals surface area contributed by atoms with E-state index < -0.39 is 22.0 Å². The summed E-state index contributed by atoms with van der Waals surface area (Å²) in [6.07, 6.45) is 5.62. The molecule has 0 heterocycles. The molecule has 3 saturated carbocycles. The molecule has 4 aliphatic rings. The largest absolute Gasteiger partial charge is 0.390 e. The van der Waals surface area contributed by atoms with Crippen molar-refractivity contribution in [2.45, 2.75) is 83.3 Å². The van der Waals surface area contributed by atoms with E-state index in [4.69, 9.17) is 4.18 Å². The fraction of sp³-hybridized carbons (Fsp3) is 0.750. The summed E-state index contributed by atoms with van der Waals surface area (Å²) in [4.78, 5) is 0. The van der Waals surface area contributed by atoms with Crippen molar-refractivity contribution in [1.29, 1.82) is 0 Å². The minimum absolute atomic E-state index is 0.00301. The fourth-order valence-corrected chi connectivity index (χ4v) is 9.19. The summed E-state index contributed by atoms with van der Waals surface area (Å²) in [6, 6.07) is 5.76. The lowest BCUT2D eigenvalue weighted by Gasteiger charge is -2.56. The zero-order valence-corrected chi connectivity index (χ0v) is 19.6. The number of fused-ring (bicyclic) bond motifs is 3. The second-order valence-corrected chi connectivity index (χ2v) is 11.9. The molecule has 1 aromatic carbocycles. The molecule has 0 saturated heterocycles. The number of aryl methyl sites for hydroxylation is 1. The van der Waals surface area contributed by atoms with Crippen molar-refractivity contribution < 1.29 is 22.8 Å². The van der Waals surface area contributed by atoms with Crippen LogP contribution in [0.15, 0.2) is 18.2 Å². The van der Waals surface area contributed by atoms with Crippen molar-refractivity contribution in [3.8, 4) is 5.75 Å². The molecule has 31 heavy (non-hydrogen) atoms. The molecule has 1 aromatic rings. The van der Waals surface area contributed by atoms with Gasteiger partial charge >= 0.3 is 10.3 Å². The number of hydrogen-bond donors (Lipinski definition) is 2. The Labute approximate surface area is 185 Å². The van der Waals surface area contributed by atoms with E-state index in [-0.39, 0.29) is 10.8 Å². The van der Waals surface area contributed by atoms with E-state index in [0.29, 0.717) is 43.5 Å². The van der Waals surface area contributed by atoms with Crippen molar-refractivity contribution in [3.05, 3.63) is 29.3 Å². The highest BCUT2D eigenvalue weighted by Crippen LogP contribution is 2.77. The second kappa shape index (κ2) is 6.92. The number of rotatable bonds is 5. The molecule has 6 atom stereocenters. The molecule has 2 bridgehead atoms. The normalized spacial score (nSPS) is 41.0. The number of hydrogen-bond acceptors (Lipinski definition) is 5. The summed E-state index contributed by atoms with van der Waals surface area (Å²) < 4.78 is 31.8. The van der Waals surface area contributed by atoms with Gasteiger partial charge in [0.25, 0.3) is 0 Å². The van der Waals surface area contributed by atoms with Crippen LogP contribution in [0.25, 0.3) is 0 Å². The first-order chi connectivity index (χ1) is 14.6. The van der Waals surface area contributed by atoms with Gasteiger partial charge in [0.2, 0.25) is 0 Å². The Morgan fingerprint density at radius 1 is 1.16 bits per heavy atom. The van der Waals surface area contributed by atoms with Gasteiger partial charge in [0.05, 0.1) is 11.7 Å². The van der Waals surface area contributed by atoms with Crippen LogP contribution >= 0.6 is 0 Å². The lowest BCUT2D eigenvalue weighted by molar-refractivity contribution is -0.129. The fourth-order valence-electron chi connectivity index (χ4n) is 8.10. The summed E-state index contributed by atoms with van der Waals surface area (Å²) in [5.41, 5.74) is 1.34. The van der Waals surface area contributed by atoms with Crippen molar-refractivity contribution in [2.75, 3.05) is 13.1 Å². The monoisotopic (exact) mass is 449 g/mol. The summed E-state index contributed by atoms with van der Waals surface area (Å²) in [5.74, 6) is 1.24. The lowest BCUT2D eigenvalue weighted by atomic mass is 9.48. The standard InChI is InChI=1S/C24H35NO5S/c1-4-25(5-2)31(28,29)30-17-7-8-18-16(14-17)6-9-20-19(18)10-11-22(3)23(20)12-13-24(22,27)21(26)15-23/h7-8,14,19-21,26-27H,4-6,9-13,15H2,1-3H3/t19?,20?,21-,22+,23+,24-/m1/s1. The SMILES string of the molecule is CCN(CC)S(=O)(=O)Oc1ccc2c(c1)CCC1C2CC[C@@]2(C)[C@]13CC[C@@]2(O)[C@H](O)C3. The van der Waals surface area contributed by atoms with Gasteiger partial charge in [-0.05, 0) is 85.5 Å². The van der Waals surface area contributed by atoms with Crippen LogP contribution in [0.5, 0.6) is 5.75 Å². The predicted molar refractivity (Wildman–Crippen MR) is 118 cm³/mol.